The Morgan fingerprint density at radius 2 is 1.14 bits per heavy atom. The number of carbonyl (C=O) groups is 2. The van der Waals surface area contributed by atoms with Gasteiger partial charge in [-0.25, -0.2) is 0 Å². The molecule has 2 amide bonds. The van der Waals surface area contributed by atoms with Crippen molar-refractivity contribution in [2.24, 2.45) is 0 Å². The molecule has 0 spiro atoms. The van der Waals surface area contributed by atoms with Crippen LogP contribution in [0.1, 0.15) is 22.6 Å². The molecule has 0 saturated heterocycles. The normalized spacial score (nSPS) is 10.5. The molecule has 2 N–H and O–H groups in total. The van der Waals surface area contributed by atoms with Crippen molar-refractivity contribution < 1.29 is 9.59 Å². The summed E-state index contributed by atoms with van der Waals surface area (Å²) in [4.78, 5) is 24.2. The van der Waals surface area contributed by atoms with Gasteiger partial charge in [-0.2, -0.15) is 0 Å². The van der Waals surface area contributed by atoms with Crippen LogP contribution in [-0.4, -0.2) is 24.9 Å². The average molecular weight is 372 g/mol. The Hall–Kier alpha value is -3.40. The van der Waals surface area contributed by atoms with Gasteiger partial charge in [0.1, 0.15) is 0 Å². The molecule has 28 heavy (non-hydrogen) atoms. The molecule has 3 aromatic rings. The predicted octanol–water partition coefficient (Wildman–Crippen LogP) is 3.29. The highest BCUT2D eigenvalue weighted by atomic mass is 16.2. The zero-order chi connectivity index (χ0) is 19.6. The number of carbonyl (C=O) groups excluding carboxylic acids is 2. The predicted molar refractivity (Wildman–Crippen MR) is 111 cm³/mol. The van der Waals surface area contributed by atoms with Gasteiger partial charge in [-0.15, -0.1) is 0 Å². The van der Waals surface area contributed by atoms with Gasteiger partial charge in [0.15, 0.2) is 0 Å². The molecule has 0 radical (unpaired) electrons. The van der Waals surface area contributed by atoms with E-state index in [1.165, 1.54) is 0 Å². The smallest absolute Gasteiger partial charge is 0.239 e. The second kappa shape index (κ2) is 10.1. The van der Waals surface area contributed by atoms with Crippen LogP contribution in [0.5, 0.6) is 0 Å². The summed E-state index contributed by atoms with van der Waals surface area (Å²) in [5.74, 6) is -0.298. The van der Waals surface area contributed by atoms with Crippen molar-refractivity contribution in [2.45, 2.75) is 12.3 Å². The molecular weight excluding hydrogens is 348 g/mol. The van der Waals surface area contributed by atoms with E-state index in [0.29, 0.717) is 6.54 Å². The Bertz CT molecular complexity index is 841. The summed E-state index contributed by atoms with van der Waals surface area (Å²) < 4.78 is 0. The van der Waals surface area contributed by atoms with Crippen molar-refractivity contribution in [3.63, 3.8) is 0 Å². The highest BCUT2D eigenvalue weighted by Crippen LogP contribution is 2.23. The molecular formula is C24H24N2O2. The molecule has 0 bridgehead atoms. The molecule has 142 valence electrons. The lowest BCUT2D eigenvalue weighted by Gasteiger charge is -2.19. The third kappa shape index (κ3) is 5.81. The summed E-state index contributed by atoms with van der Waals surface area (Å²) in [5.41, 5.74) is 3.21. The lowest BCUT2D eigenvalue weighted by molar-refractivity contribution is -0.125. The van der Waals surface area contributed by atoms with Gasteiger partial charge >= 0.3 is 0 Å². The first-order chi connectivity index (χ1) is 13.7. The van der Waals surface area contributed by atoms with E-state index in [2.05, 4.69) is 34.9 Å². The summed E-state index contributed by atoms with van der Waals surface area (Å²) in [6.07, 6.45) is 0.269. The number of hydrogen-bond donors (Lipinski definition) is 2. The highest BCUT2D eigenvalue weighted by Gasteiger charge is 2.15. The summed E-state index contributed by atoms with van der Waals surface area (Å²) in [6, 6.07) is 29.7. The fraction of sp³-hybridized carbons (Fsp3) is 0.167. The topological polar surface area (TPSA) is 58.2 Å². The van der Waals surface area contributed by atoms with Gasteiger partial charge in [0.2, 0.25) is 11.8 Å². The van der Waals surface area contributed by atoms with E-state index in [4.69, 9.17) is 0 Å². The van der Waals surface area contributed by atoms with Crippen LogP contribution >= 0.6 is 0 Å². The van der Waals surface area contributed by atoms with Crippen molar-refractivity contribution in [1.82, 2.24) is 10.6 Å². The molecule has 0 fully saturated rings. The molecule has 0 unspecified atom stereocenters. The van der Waals surface area contributed by atoms with Crippen molar-refractivity contribution >= 4 is 11.8 Å². The molecule has 0 aliphatic carbocycles. The summed E-state index contributed by atoms with van der Waals surface area (Å²) >= 11 is 0. The van der Waals surface area contributed by atoms with Gasteiger partial charge in [0, 0.05) is 12.5 Å². The van der Waals surface area contributed by atoms with Crippen LogP contribution in [-0.2, 0) is 16.0 Å². The Morgan fingerprint density at radius 1 is 0.643 bits per heavy atom. The largest absolute Gasteiger partial charge is 0.354 e. The first-order valence-corrected chi connectivity index (χ1v) is 9.39. The second-order valence-electron chi connectivity index (χ2n) is 6.62. The van der Waals surface area contributed by atoms with Crippen LogP contribution in [0, 0.1) is 0 Å². The first-order valence-electron chi connectivity index (χ1n) is 9.39. The zero-order valence-corrected chi connectivity index (χ0v) is 15.7. The fourth-order valence-electron chi connectivity index (χ4n) is 3.10. The Balaban J connectivity index is 1.53. The van der Waals surface area contributed by atoms with E-state index in [1.807, 2.05) is 66.7 Å². The van der Waals surface area contributed by atoms with Crippen molar-refractivity contribution in [1.29, 1.82) is 0 Å². The van der Waals surface area contributed by atoms with Crippen LogP contribution < -0.4 is 10.6 Å². The summed E-state index contributed by atoms with van der Waals surface area (Å²) in [6.45, 7) is 0.448. The van der Waals surface area contributed by atoms with Crippen molar-refractivity contribution in [2.75, 3.05) is 13.1 Å². The molecule has 4 nitrogen and oxygen atoms in total. The van der Waals surface area contributed by atoms with Gasteiger partial charge in [0.05, 0.1) is 13.0 Å². The maximum Gasteiger partial charge on any atom is 0.239 e. The van der Waals surface area contributed by atoms with E-state index >= 15 is 0 Å². The molecule has 0 heterocycles. The lowest BCUT2D eigenvalue weighted by Crippen LogP contribution is -2.39. The molecule has 3 aromatic carbocycles. The number of benzene rings is 3. The molecule has 0 atom stereocenters. The zero-order valence-electron chi connectivity index (χ0n) is 15.7. The summed E-state index contributed by atoms with van der Waals surface area (Å²) in [7, 11) is 0. The fourth-order valence-corrected chi connectivity index (χ4v) is 3.10. The van der Waals surface area contributed by atoms with Crippen LogP contribution in [0.15, 0.2) is 91.0 Å². The van der Waals surface area contributed by atoms with Gasteiger partial charge in [-0.05, 0) is 16.7 Å². The average Bonchev–Trinajstić information content (AvgIpc) is 2.75. The second-order valence-corrected chi connectivity index (χ2v) is 6.62. The Labute approximate surface area is 165 Å². The number of rotatable bonds is 8. The van der Waals surface area contributed by atoms with Crippen LogP contribution in [0.2, 0.25) is 0 Å². The number of amides is 2. The molecule has 3 rings (SSSR count). The maximum atomic E-state index is 12.2. The number of hydrogen-bond acceptors (Lipinski definition) is 2. The van der Waals surface area contributed by atoms with Crippen molar-refractivity contribution in [3.8, 4) is 0 Å². The quantitative estimate of drug-likeness (QED) is 0.637. The van der Waals surface area contributed by atoms with E-state index < -0.39 is 0 Å². The van der Waals surface area contributed by atoms with Crippen LogP contribution in [0.4, 0.5) is 0 Å². The third-order valence-electron chi connectivity index (χ3n) is 4.56. The minimum Gasteiger partial charge on any atom is -0.354 e. The van der Waals surface area contributed by atoms with E-state index in [1.54, 1.807) is 0 Å². The maximum absolute atomic E-state index is 12.2. The first kappa shape index (κ1) is 19.4. The monoisotopic (exact) mass is 372 g/mol. The minimum absolute atomic E-state index is 0.0258. The van der Waals surface area contributed by atoms with Crippen LogP contribution in [0.3, 0.4) is 0 Å². The Morgan fingerprint density at radius 3 is 1.68 bits per heavy atom. The van der Waals surface area contributed by atoms with Gasteiger partial charge < -0.3 is 10.6 Å². The minimum atomic E-state index is -0.196. The van der Waals surface area contributed by atoms with Crippen molar-refractivity contribution in [3.05, 3.63) is 108 Å². The molecule has 0 aromatic heterocycles. The standard InChI is InChI=1S/C24H24N2O2/c27-23(16-19-10-4-1-5-11-19)26-18-24(28)25-17-22(20-12-6-2-7-13-20)21-14-8-3-9-15-21/h1-15,22H,16-18H2,(H,25,28)(H,26,27). The van der Waals surface area contributed by atoms with E-state index in [-0.39, 0.29) is 30.7 Å². The molecule has 0 aliphatic rings. The van der Waals surface area contributed by atoms with Gasteiger partial charge in [0.25, 0.3) is 0 Å². The number of nitrogens with one attached hydrogen (secondary N) is 2. The molecule has 0 aliphatic heterocycles. The van der Waals surface area contributed by atoms with Gasteiger partial charge in [-0.1, -0.05) is 91.0 Å². The van der Waals surface area contributed by atoms with E-state index in [9.17, 15) is 9.59 Å². The van der Waals surface area contributed by atoms with Gasteiger partial charge in [-0.3, -0.25) is 9.59 Å². The highest BCUT2D eigenvalue weighted by molar-refractivity contribution is 5.85. The van der Waals surface area contributed by atoms with Crippen LogP contribution in [0.25, 0.3) is 0 Å². The molecule has 0 saturated carbocycles. The SMILES string of the molecule is O=C(CNC(=O)Cc1ccccc1)NCC(c1ccccc1)c1ccccc1. The Kier molecular flexibility index (Phi) is 6.96. The lowest BCUT2D eigenvalue weighted by atomic mass is 9.91. The summed E-state index contributed by atoms with van der Waals surface area (Å²) in [5, 5.41) is 5.63. The third-order valence-corrected chi connectivity index (χ3v) is 4.56. The molecule has 4 heteroatoms. The van der Waals surface area contributed by atoms with E-state index in [0.717, 1.165) is 16.7 Å².